The molecule has 0 fully saturated rings. The van der Waals surface area contributed by atoms with Gasteiger partial charge in [0.2, 0.25) is 5.91 Å². The molecule has 0 aliphatic heterocycles. The van der Waals surface area contributed by atoms with Crippen molar-refractivity contribution in [3.05, 3.63) is 39.9 Å². The Balaban J connectivity index is 2.94. The molecule has 0 radical (unpaired) electrons. The van der Waals surface area contributed by atoms with Crippen LogP contribution < -0.4 is 5.32 Å². The third-order valence-electron chi connectivity index (χ3n) is 2.63. The Kier molecular flexibility index (Phi) is 4.21. The number of nitrogens with one attached hydrogen (secondary N) is 1. The lowest BCUT2D eigenvalue weighted by Crippen LogP contribution is -2.53. The molecule has 1 amide bonds. The van der Waals surface area contributed by atoms with Gasteiger partial charge in [-0.15, -0.1) is 0 Å². The largest absolute Gasteiger partial charge is 0.480 e. The first-order chi connectivity index (χ1) is 8.74. The average molecular weight is 266 g/mol. The number of rotatable bonds is 5. The Morgan fingerprint density at radius 2 is 1.89 bits per heavy atom. The Labute approximate surface area is 109 Å². The standard InChI is InChI=1S/C12H14N2O5/c1-8(15)13-12(2,11(16)17)7-9-3-5-10(6-4-9)14(18)19/h3-6H,7H2,1-2H3,(H,13,15)(H,16,17)/t12-/m1/s1. The molecule has 102 valence electrons. The van der Waals surface area contributed by atoms with E-state index < -0.39 is 22.3 Å². The molecule has 0 unspecified atom stereocenters. The average Bonchev–Trinajstić information content (AvgIpc) is 2.28. The van der Waals surface area contributed by atoms with Gasteiger partial charge in [0, 0.05) is 25.5 Å². The van der Waals surface area contributed by atoms with Crippen molar-refractivity contribution in [2.45, 2.75) is 25.8 Å². The van der Waals surface area contributed by atoms with E-state index in [-0.39, 0.29) is 12.1 Å². The van der Waals surface area contributed by atoms with Crippen LogP contribution in [0, 0.1) is 10.1 Å². The van der Waals surface area contributed by atoms with E-state index in [0.717, 1.165) is 0 Å². The highest BCUT2D eigenvalue weighted by atomic mass is 16.6. The fraction of sp³-hybridized carbons (Fsp3) is 0.333. The van der Waals surface area contributed by atoms with Crippen molar-refractivity contribution in [2.75, 3.05) is 0 Å². The lowest BCUT2D eigenvalue weighted by Gasteiger charge is -2.25. The van der Waals surface area contributed by atoms with Gasteiger partial charge in [-0.3, -0.25) is 14.9 Å². The zero-order valence-electron chi connectivity index (χ0n) is 10.5. The van der Waals surface area contributed by atoms with Gasteiger partial charge in [0.15, 0.2) is 0 Å². The molecule has 1 aromatic carbocycles. The summed E-state index contributed by atoms with van der Waals surface area (Å²) in [5, 5.41) is 22.0. The fourth-order valence-electron chi connectivity index (χ4n) is 1.71. The summed E-state index contributed by atoms with van der Waals surface area (Å²) in [6.07, 6.45) is 0.0416. The van der Waals surface area contributed by atoms with Gasteiger partial charge in [0.25, 0.3) is 5.69 Å². The lowest BCUT2D eigenvalue weighted by molar-refractivity contribution is -0.384. The first-order valence-electron chi connectivity index (χ1n) is 5.50. The molecule has 0 saturated heterocycles. The van der Waals surface area contributed by atoms with Crippen molar-refractivity contribution >= 4 is 17.6 Å². The Hall–Kier alpha value is -2.44. The topological polar surface area (TPSA) is 110 Å². The second-order valence-corrected chi connectivity index (χ2v) is 4.42. The van der Waals surface area contributed by atoms with Crippen LogP contribution in [0.4, 0.5) is 5.69 Å². The van der Waals surface area contributed by atoms with Gasteiger partial charge in [-0.2, -0.15) is 0 Å². The minimum Gasteiger partial charge on any atom is -0.480 e. The second-order valence-electron chi connectivity index (χ2n) is 4.42. The molecule has 0 saturated carbocycles. The minimum atomic E-state index is -1.44. The Bertz CT molecular complexity index is 511. The van der Waals surface area contributed by atoms with E-state index in [4.69, 9.17) is 5.11 Å². The van der Waals surface area contributed by atoms with Crippen LogP contribution >= 0.6 is 0 Å². The second kappa shape index (κ2) is 5.47. The molecular formula is C12H14N2O5. The SMILES string of the molecule is CC(=O)N[C@](C)(Cc1ccc([N+](=O)[O-])cc1)C(=O)O. The number of carbonyl (C=O) groups excluding carboxylic acids is 1. The smallest absolute Gasteiger partial charge is 0.329 e. The molecule has 2 N–H and O–H groups in total. The Morgan fingerprint density at radius 3 is 2.26 bits per heavy atom. The van der Waals surface area contributed by atoms with E-state index in [1.807, 2.05) is 0 Å². The van der Waals surface area contributed by atoms with E-state index in [1.54, 1.807) is 0 Å². The summed E-state index contributed by atoms with van der Waals surface area (Å²) in [5.74, 6) is -1.62. The molecule has 7 heteroatoms. The number of carboxylic acid groups (broad SMARTS) is 1. The number of nitro benzene ring substituents is 1. The van der Waals surface area contributed by atoms with Gasteiger partial charge in [-0.05, 0) is 12.5 Å². The number of non-ortho nitro benzene ring substituents is 1. The molecule has 7 nitrogen and oxygen atoms in total. The number of benzene rings is 1. The van der Waals surface area contributed by atoms with Crippen molar-refractivity contribution < 1.29 is 19.6 Å². The molecule has 0 aliphatic carbocycles. The number of nitrogens with zero attached hydrogens (tertiary/aromatic N) is 1. The number of carbonyl (C=O) groups is 2. The van der Waals surface area contributed by atoms with Gasteiger partial charge in [0.1, 0.15) is 5.54 Å². The zero-order valence-corrected chi connectivity index (χ0v) is 10.5. The predicted octanol–water partition coefficient (Wildman–Crippen LogP) is 1.12. The molecule has 0 aromatic heterocycles. The predicted molar refractivity (Wildman–Crippen MR) is 66.7 cm³/mol. The van der Waals surface area contributed by atoms with Crippen LogP contribution in [0.5, 0.6) is 0 Å². The van der Waals surface area contributed by atoms with Crippen molar-refractivity contribution in [3.8, 4) is 0 Å². The molecule has 1 aromatic rings. The van der Waals surface area contributed by atoms with E-state index >= 15 is 0 Å². The van der Waals surface area contributed by atoms with E-state index in [0.29, 0.717) is 5.56 Å². The van der Waals surface area contributed by atoms with Crippen LogP contribution in [-0.4, -0.2) is 27.4 Å². The summed E-state index contributed by atoms with van der Waals surface area (Å²) < 4.78 is 0. The fourth-order valence-corrected chi connectivity index (χ4v) is 1.71. The summed E-state index contributed by atoms with van der Waals surface area (Å²) in [4.78, 5) is 32.2. The van der Waals surface area contributed by atoms with Crippen molar-refractivity contribution in [1.82, 2.24) is 5.32 Å². The van der Waals surface area contributed by atoms with Gasteiger partial charge < -0.3 is 10.4 Å². The van der Waals surface area contributed by atoms with Gasteiger partial charge in [-0.25, -0.2) is 4.79 Å². The summed E-state index contributed by atoms with van der Waals surface area (Å²) in [7, 11) is 0. The number of nitro groups is 1. The maximum absolute atomic E-state index is 11.2. The van der Waals surface area contributed by atoms with E-state index in [2.05, 4.69) is 5.32 Å². The molecule has 0 bridgehead atoms. The Morgan fingerprint density at radius 1 is 1.37 bits per heavy atom. The van der Waals surface area contributed by atoms with Crippen LogP contribution in [0.3, 0.4) is 0 Å². The van der Waals surface area contributed by atoms with Crippen molar-refractivity contribution in [3.63, 3.8) is 0 Å². The van der Waals surface area contributed by atoms with E-state index in [1.165, 1.54) is 38.1 Å². The highest BCUT2D eigenvalue weighted by Crippen LogP contribution is 2.17. The summed E-state index contributed by atoms with van der Waals surface area (Å²) in [5.41, 5.74) is -0.924. The molecular weight excluding hydrogens is 252 g/mol. The van der Waals surface area contributed by atoms with Crippen LogP contribution in [0.1, 0.15) is 19.4 Å². The number of carboxylic acids is 1. The first-order valence-corrected chi connectivity index (χ1v) is 5.50. The molecule has 1 atom stereocenters. The van der Waals surface area contributed by atoms with Crippen LogP contribution in [0.2, 0.25) is 0 Å². The highest BCUT2D eigenvalue weighted by Gasteiger charge is 2.34. The first kappa shape index (κ1) is 14.6. The zero-order chi connectivity index (χ0) is 14.6. The monoisotopic (exact) mass is 266 g/mol. The molecule has 0 heterocycles. The summed E-state index contributed by atoms with van der Waals surface area (Å²) in [6.45, 7) is 2.62. The van der Waals surface area contributed by atoms with Crippen LogP contribution in [-0.2, 0) is 16.0 Å². The van der Waals surface area contributed by atoms with Crippen molar-refractivity contribution in [1.29, 1.82) is 0 Å². The maximum atomic E-state index is 11.2. The number of hydrogen-bond donors (Lipinski definition) is 2. The third-order valence-corrected chi connectivity index (χ3v) is 2.63. The summed E-state index contributed by atoms with van der Waals surface area (Å²) >= 11 is 0. The van der Waals surface area contributed by atoms with E-state index in [9.17, 15) is 19.7 Å². The van der Waals surface area contributed by atoms with Gasteiger partial charge in [0.05, 0.1) is 4.92 Å². The number of amides is 1. The number of hydrogen-bond acceptors (Lipinski definition) is 4. The van der Waals surface area contributed by atoms with Gasteiger partial charge >= 0.3 is 5.97 Å². The molecule has 1 rings (SSSR count). The normalized spacial score (nSPS) is 13.4. The molecule has 0 spiro atoms. The maximum Gasteiger partial charge on any atom is 0.329 e. The van der Waals surface area contributed by atoms with Crippen LogP contribution in [0.15, 0.2) is 24.3 Å². The quantitative estimate of drug-likeness (QED) is 0.613. The lowest BCUT2D eigenvalue weighted by atomic mass is 9.92. The van der Waals surface area contributed by atoms with Crippen LogP contribution in [0.25, 0.3) is 0 Å². The van der Waals surface area contributed by atoms with Crippen molar-refractivity contribution in [2.24, 2.45) is 0 Å². The third kappa shape index (κ3) is 3.77. The minimum absolute atomic E-state index is 0.0416. The highest BCUT2D eigenvalue weighted by molar-refractivity contribution is 5.85. The summed E-state index contributed by atoms with van der Waals surface area (Å²) in [6, 6.07) is 5.54. The molecule has 0 aliphatic rings. The number of aliphatic carboxylic acids is 1. The van der Waals surface area contributed by atoms with Gasteiger partial charge in [-0.1, -0.05) is 12.1 Å². The molecule has 19 heavy (non-hydrogen) atoms.